The standard InChI is InChI=1S/C8H18NO5P/c1-9(2,3)7(8(10)11)5-4-6-15(12,13)14/h7H,4-6H2,1-3H3,(H2-,10,11,12,13,14)/p+1. The summed E-state index contributed by atoms with van der Waals surface area (Å²) in [5, 5.41) is 8.93. The van der Waals surface area contributed by atoms with E-state index < -0.39 is 19.6 Å². The molecule has 0 rings (SSSR count). The molecule has 1 atom stereocenters. The number of carboxylic acid groups (broad SMARTS) is 1. The minimum Gasteiger partial charge on any atom is -0.477 e. The van der Waals surface area contributed by atoms with Gasteiger partial charge < -0.3 is 19.4 Å². The Morgan fingerprint density at radius 1 is 1.33 bits per heavy atom. The Labute approximate surface area is 89.3 Å². The highest BCUT2D eigenvalue weighted by molar-refractivity contribution is 7.51. The summed E-state index contributed by atoms with van der Waals surface area (Å²) in [5.74, 6) is -0.937. The first-order valence-electron chi connectivity index (χ1n) is 4.62. The molecule has 15 heavy (non-hydrogen) atoms. The van der Waals surface area contributed by atoms with Gasteiger partial charge in [0.2, 0.25) is 0 Å². The highest BCUT2D eigenvalue weighted by Crippen LogP contribution is 2.35. The van der Waals surface area contributed by atoms with E-state index in [2.05, 4.69) is 0 Å². The Bertz CT molecular complexity index is 267. The first-order valence-corrected chi connectivity index (χ1v) is 6.42. The lowest BCUT2D eigenvalue weighted by Crippen LogP contribution is -2.49. The molecule has 0 radical (unpaired) electrons. The summed E-state index contributed by atoms with van der Waals surface area (Å²) in [6.45, 7) is 0. The van der Waals surface area contributed by atoms with Gasteiger partial charge in [-0.25, -0.2) is 4.79 Å². The van der Waals surface area contributed by atoms with Crippen LogP contribution in [0.25, 0.3) is 0 Å². The Balaban J connectivity index is 4.23. The predicted octanol–water partition coefficient (Wildman–Crippen LogP) is 0.104. The highest BCUT2D eigenvalue weighted by atomic mass is 31.2. The third-order valence-electron chi connectivity index (χ3n) is 2.15. The lowest BCUT2D eigenvalue weighted by molar-refractivity contribution is -0.887. The largest absolute Gasteiger partial charge is 0.477 e. The van der Waals surface area contributed by atoms with E-state index in [0.29, 0.717) is 0 Å². The molecule has 7 heteroatoms. The van der Waals surface area contributed by atoms with Crippen molar-refractivity contribution in [3.63, 3.8) is 0 Å². The first-order chi connectivity index (χ1) is 6.54. The quantitative estimate of drug-likeness (QED) is 0.452. The fourth-order valence-corrected chi connectivity index (χ4v) is 1.93. The molecule has 0 saturated carbocycles. The second-order valence-electron chi connectivity index (χ2n) is 4.50. The third kappa shape index (κ3) is 6.62. The third-order valence-corrected chi connectivity index (χ3v) is 3.05. The van der Waals surface area contributed by atoms with Gasteiger partial charge >= 0.3 is 13.6 Å². The van der Waals surface area contributed by atoms with Crippen molar-refractivity contribution < 1.29 is 28.7 Å². The average Bonchev–Trinajstić information content (AvgIpc) is 1.92. The van der Waals surface area contributed by atoms with Gasteiger partial charge in [-0.1, -0.05) is 0 Å². The zero-order chi connectivity index (χ0) is 12.3. The number of carbonyl (C=O) groups is 1. The minimum atomic E-state index is -4.00. The van der Waals surface area contributed by atoms with E-state index in [1.165, 1.54) is 0 Å². The Kier molecular flexibility index (Phi) is 4.93. The number of quaternary nitrogens is 1. The van der Waals surface area contributed by atoms with Gasteiger partial charge in [-0.2, -0.15) is 0 Å². The summed E-state index contributed by atoms with van der Waals surface area (Å²) in [7, 11) is 1.23. The van der Waals surface area contributed by atoms with E-state index >= 15 is 0 Å². The van der Waals surface area contributed by atoms with Crippen LogP contribution in [0.2, 0.25) is 0 Å². The van der Waals surface area contributed by atoms with Gasteiger partial charge in [-0.3, -0.25) is 4.57 Å². The number of likely N-dealkylation sites (N-methyl/N-ethyl adjacent to an activating group) is 1. The van der Waals surface area contributed by atoms with Crippen molar-refractivity contribution in [1.29, 1.82) is 0 Å². The summed E-state index contributed by atoms with van der Waals surface area (Å²) < 4.78 is 10.8. The molecule has 3 N–H and O–H groups in total. The van der Waals surface area contributed by atoms with E-state index in [4.69, 9.17) is 14.9 Å². The van der Waals surface area contributed by atoms with Crippen LogP contribution in [0.5, 0.6) is 0 Å². The summed E-state index contributed by atoms with van der Waals surface area (Å²) in [6, 6.07) is -0.628. The molecule has 0 aliphatic rings. The molecule has 0 amide bonds. The maximum absolute atomic E-state index is 10.9. The van der Waals surface area contributed by atoms with Gasteiger partial charge in [0.05, 0.1) is 27.3 Å². The number of hydrogen-bond acceptors (Lipinski definition) is 2. The molecule has 0 fully saturated rings. The van der Waals surface area contributed by atoms with Crippen LogP contribution in [0, 0.1) is 0 Å². The number of carboxylic acids is 1. The lowest BCUT2D eigenvalue weighted by Gasteiger charge is -2.31. The highest BCUT2D eigenvalue weighted by Gasteiger charge is 2.31. The van der Waals surface area contributed by atoms with Gasteiger partial charge in [0.1, 0.15) is 0 Å². The van der Waals surface area contributed by atoms with Gasteiger partial charge in [-0.15, -0.1) is 0 Å². The van der Waals surface area contributed by atoms with Crippen molar-refractivity contribution in [1.82, 2.24) is 0 Å². The number of nitrogens with zero attached hydrogens (tertiary/aromatic N) is 1. The lowest BCUT2D eigenvalue weighted by atomic mass is 10.1. The van der Waals surface area contributed by atoms with Crippen LogP contribution in [-0.2, 0) is 9.36 Å². The minimum absolute atomic E-state index is 0.219. The van der Waals surface area contributed by atoms with Gasteiger partial charge in [-0.05, 0) is 6.42 Å². The molecule has 90 valence electrons. The molecular weight excluding hydrogens is 221 g/mol. The van der Waals surface area contributed by atoms with Gasteiger partial charge in [0.15, 0.2) is 6.04 Å². The maximum Gasteiger partial charge on any atom is 0.362 e. The fraction of sp³-hybridized carbons (Fsp3) is 0.875. The monoisotopic (exact) mass is 240 g/mol. The normalized spacial score (nSPS) is 15.0. The van der Waals surface area contributed by atoms with Crippen molar-refractivity contribution in [2.24, 2.45) is 0 Å². The smallest absolute Gasteiger partial charge is 0.362 e. The van der Waals surface area contributed by atoms with Crippen LogP contribution in [-0.4, -0.2) is 58.7 Å². The van der Waals surface area contributed by atoms with Crippen molar-refractivity contribution >= 4 is 13.6 Å². The molecule has 0 aromatic carbocycles. The van der Waals surface area contributed by atoms with Crippen LogP contribution < -0.4 is 0 Å². The predicted molar refractivity (Wildman–Crippen MR) is 55.6 cm³/mol. The number of aliphatic carboxylic acids is 1. The summed E-state index contributed by atoms with van der Waals surface area (Å²) in [5.41, 5.74) is 0. The summed E-state index contributed by atoms with van der Waals surface area (Å²) in [4.78, 5) is 28.2. The SMILES string of the molecule is C[N+](C)(C)C(CCCP(=O)(O)O)C(=O)O. The second kappa shape index (κ2) is 5.07. The van der Waals surface area contributed by atoms with Crippen molar-refractivity contribution in [2.75, 3.05) is 27.3 Å². The maximum atomic E-state index is 10.9. The van der Waals surface area contributed by atoms with E-state index in [9.17, 15) is 9.36 Å². The first kappa shape index (κ1) is 14.6. The van der Waals surface area contributed by atoms with E-state index in [1.807, 2.05) is 0 Å². The van der Waals surface area contributed by atoms with E-state index in [-0.39, 0.29) is 23.5 Å². The average molecular weight is 240 g/mol. The molecule has 0 aromatic rings. The fourth-order valence-electron chi connectivity index (χ4n) is 1.33. The Morgan fingerprint density at radius 3 is 2.07 bits per heavy atom. The van der Waals surface area contributed by atoms with E-state index in [0.717, 1.165) is 0 Å². The van der Waals surface area contributed by atoms with E-state index in [1.54, 1.807) is 21.1 Å². The van der Waals surface area contributed by atoms with Gasteiger partial charge in [0, 0.05) is 6.42 Å². The summed E-state index contributed by atoms with van der Waals surface area (Å²) in [6.07, 6.45) is 0.234. The number of hydrogen-bond donors (Lipinski definition) is 3. The second-order valence-corrected chi connectivity index (χ2v) is 6.28. The van der Waals surface area contributed by atoms with Crippen molar-refractivity contribution in [3.8, 4) is 0 Å². The molecule has 0 aromatic heterocycles. The summed E-state index contributed by atoms with van der Waals surface area (Å²) >= 11 is 0. The topological polar surface area (TPSA) is 94.8 Å². The molecule has 0 bridgehead atoms. The van der Waals surface area contributed by atoms with Crippen molar-refractivity contribution in [3.05, 3.63) is 0 Å². The van der Waals surface area contributed by atoms with Crippen LogP contribution >= 0.6 is 7.60 Å². The molecule has 0 aliphatic carbocycles. The Morgan fingerprint density at radius 2 is 1.80 bits per heavy atom. The van der Waals surface area contributed by atoms with Crippen molar-refractivity contribution in [2.45, 2.75) is 18.9 Å². The molecule has 0 aliphatic heterocycles. The zero-order valence-corrected chi connectivity index (χ0v) is 10.1. The molecule has 0 saturated heterocycles. The van der Waals surface area contributed by atoms with Crippen LogP contribution in [0.1, 0.15) is 12.8 Å². The number of rotatable bonds is 6. The molecule has 0 heterocycles. The zero-order valence-electron chi connectivity index (χ0n) is 9.25. The van der Waals surface area contributed by atoms with Gasteiger partial charge in [0.25, 0.3) is 0 Å². The molecule has 6 nitrogen and oxygen atoms in total. The molecule has 1 unspecified atom stereocenters. The molecule has 0 spiro atoms. The van der Waals surface area contributed by atoms with Crippen LogP contribution in [0.4, 0.5) is 0 Å². The van der Waals surface area contributed by atoms with Crippen LogP contribution in [0.3, 0.4) is 0 Å². The van der Waals surface area contributed by atoms with Crippen LogP contribution in [0.15, 0.2) is 0 Å². The molecular formula is C8H19NO5P+. The Hall–Kier alpha value is -0.420.